The summed E-state index contributed by atoms with van der Waals surface area (Å²) >= 11 is 5.96. The molecule has 0 amide bonds. The van der Waals surface area contributed by atoms with E-state index in [4.69, 9.17) is 21.1 Å². The number of phenolic OH excluding ortho intramolecular Hbond substituents is 1. The van der Waals surface area contributed by atoms with Crippen LogP contribution in [0.25, 0.3) is 0 Å². The number of nitrogens with one attached hydrogen (secondary N) is 1. The van der Waals surface area contributed by atoms with Crippen molar-refractivity contribution in [3.05, 3.63) is 22.7 Å². The Balaban J connectivity index is 2.88. The molecule has 0 saturated carbocycles. The predicted molar refractivity (Wildman–Crippen MR) is 77.2 cm³/mol. The molecule has 0 aliphatic heterocycles. The van der Waals surface area contributed by atoms with Crippen molar-refractivity contribution in [1.82, 2.24) is 5.32 Å². The number of ether oxygens (including phenoxy) is 2. The van der Waals surface area contributed by atoms with E-state index in [9.17, 15) is 9.90 Å². The summed E-state index contributed by atoms with van der Waals surface area (Å²) in [5.74, 6) is 0.0318. The van der Waals surface area contributed by atoms with E-state index in [1.807, 2.05) is 13.8 Å². The lowest BCUT2D eigenvalue weighted by atomic mass is 10.0. The maximum absolute atomic E-state index is 11.7. The SMILES string of the molecule is COC(=O)C(NCc1cc(Cl)cc(OC)c1O)C(C)C. The van der Waals surface area contributed by atoms with Crippen LogP contribution in [0.5, 0.6) is 11.5 Å². The predicted octanol–water partition coefficient (Wildman–Crippen LogP) is 2.34. The third-order valence-corrected chi connectivity index (χ3v) is 3.19. The minimum Gasteiger partial charge on any atom is -0.504 e. The number of carbonyl (C=O) groups excluding carboxylic acids is 1. The van der Waals surface area contributed by atoms with Crippen molar-refractivity contribution in [2.45, 2.75) is 26.4 Å². The lowest BCUT2D eigenvalue weighted by molar-refractivity contribution is -0.144. The Morgan fingerprint density at radius 1 is 1.40 bits per heavy atom. The highest BCUT2D eigenvalue weighted by molar-refractivity contribution is 6.30. The summed E-state index contributed by atoms with van der Waals surface area (Å²) in [5.41, 5.74) is 0.559. The third kappa shape index (κ3) is 4.02. The molecule has 0 heterocycles. The Hall–Kier alpha value is -1.46. The van der Waals surface area contributed by atoms with Gasteiger partial charge in [0, 0.05) is 23.2 Å². The van der Waals surface area contributed by atoms with Gasteiger partial charge in [0.05, 0.1) is 14.2 Å². The maximum atomic E-state index is 11.7. The second-order valence-electron chi connectivity index (χ2n) is 4.74. The molecule has 0 aliphatic rings. The minimum absolute atomic E-state index is 0.0109. The van der Waals surface area contributed by atoms with Crippen LogP contribution in [0.4, 0.5) is 0 Å². The van der Waals surface area contributed by atoms with Gasteiger partial charge in [0.15, 0.2) is 11.5 Å². The highest BCUT2D eigenvalue weighted by Gasteiger charge is 2.23. The highest BCUT2D eigenvalue weighted by Crippen LogP contribution is 2.33. The fraction of sp³-hybridized carbons (Fsp3) is 0.500. The van der Waals surface area contributed by atoms with Crippen LogP contribution in [-0.2, 0) is 16.1 Å². The van der Waals surface area contributed by atoms with Crippen molar-refractivity contribution in [3.8, 4) is 11.5 Å². The van der Waals surface area contributed by atoms with Gasteiger partial charge in [-0.3, -0.25) is 10.1 Å². The van der Waals surface area contributed by atoms with Gasteiger partial charge >= 0.3 is 5.97 Å². The molecule has 1 atom stereocenters. The van der Waals surface area contributed by atoms with Crippen LogP contribution in [0.2, 0.25) is 5.02 Å². The molecule has 6 heteroatoms. The van der Waals surface area contributed by atoms with Crippen LogP contribution in [-0.4, -0.2) is 31.3 Å². The van der Waals surface area contributed by atoms with E-state index in [-0.39, 0.29) is 24.2 Å². The molecule has 1 aromatic rings. The molecule has 2 N–H and O–H groups in total. The summed E-state index contributed by atoms with van der Waals surface area (Å²) in [6, 6.07) is 2.70. The number of hydrogen-bond acceptors (Lipinski definition) is 5. The Labute approximate surface area is 123 Å². The van der Waals surface area contributed by atoms with Gasteiger partial charge in [-0.1, -0.05) is 25.4 Å². The van der Waals surface area contributed by atoms with Crippen LogP contribution in [0.3, 0.4) is 0 Å². The zero-order valence-electron chi connectivity index (χ0n) is 12.1. The smallest absolute Gasteiger partial charge is 0.323 e. The Morgan fingerprint density at radius 3 is 2.55 bits per heavy atom. The molecule has 0 aromatic heterocycles. The molecule has 112 valence electrons. The second-order valence-corrected chi connectivity index (χ2v) is 5.18. The number of halogens is 1. The van der Waals surface area contributed by atoms with Gasteiger partial charge in [-0.2, -0.15) is 0 Å². The van der Waals surface area contributed by atoms with E-state index >= 15 is 0 Å². The number of methoxy groups -OCH3 is 2. The number of carbonyl (C=O) groups is 1. The Bertz CT molecular complexity index is 476. The first-order valence-corrected chi connectivity index (χ1v) is 6.65. The van der Waals surface area contributed by atoms with Crippen LogP contribution in [0, 0.1) is 5.92 Å². The van der Waals surface area contributed by atoms with Crippen molar-refractivity contribution in [3.63, 3.8) is 0 Å². The molecule has 0 bridgehead atoms. The van der Waals surface area contributed by atoms with E-state index in [1.165, 1.54) is 20.3 Å². The number of aromatic hydroxyl groups is 1. The molecule has 0 aliphatic carbocycles. The Kier molecular flexibility index (Phi) is 6.10. The zero-order chi connectivity index (χ0) is 15.3. The Morgan fingerprint density at radius 2 is 2.05 bits per heavy atom. The van der Waals surface area contributed by atoms with Crippen LogP contribution < -0.4 is 10.1 Å². The molecule has 0 fully saturated rings. The van der Waals surface area contributed by atoms with Gasteiger partial charge in [0.25, 0.3) is 0 Å². The molecular weight excluding hydrogens is 282 g/mol. The van der Waals surface area contributed by atoms with Gasteiger partial charge < -0.3 is 14.6 Å². The second kappa shape index (κ2) is 7.36. The van der Waals surface area contributed by atoms with E-state index in [0.717, 1.165) is 0 Å². The van der Waals surface area contributed by atoms with E-state index < -0.39 is 6.04 Å². The molecular formula is C14H20ClNO4. The molecule has 0 saturated heterocycles. The molecule has 1 aromatic carbocycles. The lowest BCUT2D eigenvalue weighted by Crippen LogP contribution is -2.41. The number of benzene rings is 1. The van der Waals surface area contributed by atoms with Gasteiger partial charge in [0.1, 0.15) is 6.04 Å². The van der Waals surface area contributed by atoms with Crippen LogP contribution in [0.1, 0.15) is 19.4 Å². The van der Waals surface area contributed by atoms with Crippen molar-refractivity contribution in [1.29, 1.82) is 0 Å². The average molecular weight is 302 g/mol. The highest BCUT2D eigenvalue weighted by atomic mass is 35.5. The maximum Gasteiger partial charge on any atom is 0.323 e. The molecule has 5 nitrogen and oxygen atoms in total. The fourth-order valence-corrected chi connectivity index (χ4v) is 2.09. The largest absolute Gasteiger partial charge is 0.504 e. The van der Waals surface area contributed by atoms with Crippen molar-refractivity contribution < 1.29 is 19.4 Å². The van der Waals surface area contributed by atoms with Gasteiger partial charge in [0.2, 0.25) is 0 Å². The van der Waals surface area contributed by atoms with Crippen LogP contribution in [0.15, 0.2) is 12.1 Å². The first-order chi connectivity index (χ1) is 9.40. The topological polar surface area (TPSA) is 67.8 Å². The van der Waals surface area contributed by atoms with Crippen molar-refractivity contribution >= 4 is 17.6 Å². The van der Waals surface area contributed by atoms with Gasteiger partial charge in [-0.15, -0.1) is 0 Å². The lowest BCUT2D eigenvalue weighted by Gasteiger charge is -2.20. The molecule has 1 unspecified atom stereocenters. The zero-order valence-corrected chi connectivity index (χ0v) is 12.8. The molecule has 0 spiro atoms. The number of esters is 1. The standard InChI is InChI=1S/C14H20ClNO4/c1-8(2)12(14(18)20-4)16-7-9-5-10(15)6-11(19-3)13(9)17/h5-6,8,12,16-17H,7H2,1-4H3. The molecule has 1 rings (SSSR count). The summed E-state index contributed by atoms with van der Waals surface area (Å²) in [5, 5.41) is 13.5. The van der Waals surface area contributed by atoms with E-state index in [0.29, 0.717) is 16.3 Å². The molecule has 0 radical (unpaired) electrons. The average Bonchev–Trinajstić information content (AvgIpc) is 2.41. The normalized spacial score (nSPS) is 12.3. The summed E-state index contributed by atoms with van der Waals surface area (Å²) in [6.45, 7) is 4.10. The third-order valence-electron chi connectivity index (χ3n) is 2.97. The molecule has 20 heavy (non-hydrogen) atoms. The van der Waals surface area contributed by atoms with Gasteiger partial charge in [-0.25, -0.2) is 0 Å². The summed E-state index contributed by atoms with van der Waals surface area (Å²) in [7, 11) is 2.80. The number of hydrogen-bond donors (Lipinski definition) is 2. The summed E-state index contributed by atoms with van der Waals surface area (Å²) in [6.07, 6.45) is 0. The van der Waals surface area contributed by atoms with Crippen LogP contribution >= 0.6 is 11.6 Å². The first kappa shape index (κ1) is 16.6. The minimum atomic E-state index is -0.454. The first-order valence-electron chi connectivity index (χ1n) is 6.27. The number of phenols is 1. The van der Waals surface area contributed by atoms with Crippen molar-refractivity contribution in [2.75, 3.05) is 14.2 Å². The van der Waals surface area contributed by atoms with Gasteiger partial charge in [-0.05, 0) is 12.0 Å². The van der Waals surface area contributed by atoms with Crippen molar-refractivity contribution in [2.24, 2.45) is 5.92 Å². The van der Waals surface area contributed by atoms with E-state index in [1.54, 1.807) is 6.07 Å². The number of rotatable bonds is 6. The fourth-order valence-electron chi connectivity index (χ4n) is 1.86. The quantitative estimate of drug-likeness (QED) is 0.789. The summed E-state index contributed by atoms with van der Waals surface area (Å²) in [4.78, 5) is 11.7. The monoisotopic (exact) mass is 301 g/mol. The summed E-state index contributed by atoms with van der Waals surface area (Å²) < 4.78 is 9.78. The van der Waals surface area contributed by atoms with E-state index in [2.05, 4.69) is 5.32 Å².